The van der Waals surface area contributed by atoms with E-state index < -0.39 is 29.6 Å². The Morgan fingerprint density at radius 3 is 1.58 bits per heavy atom. The van der Waals surface area contributed by atoms with Crippen LogP contribution in [0.2, 0.25) is 0 Å². The van der Waals surface area contributed by atoms with E-state index in [-0.39, 0.29) is 56.8 Å². The first-order valence-electron chi connectivity index (χ1n) is 24.0. The van der Waals surface area contributed by atoms with Crippen LogP contribution in [0.1, 0.15) is 63.6 Å². The first-order chi connectivity index (χ1) is 31.9. The lowest BCUT2D eigenvalue weighted by atomic mass is 9.59. The highest BCUT2D eigenvalue weighted by Crippen LogP contribution is 2.62. The number of hydrogen-bond donors (Lipinski definition) is 0. The molecular formula is C54H45N5. The largest absolute Gasteiger partial charge is 0.309 e. The van der Waals surface area contributed by atoms with E-state index in [1.165, 1.54) is 0 Å². The summed E-state index contributed by atoms with van der Waals surface area (Å²) in [5, 5.41) is 1.95. The molecule has 0 N–H and O–H groups in total. The summed E-state index contributed by atoms with van der Waals surface area (Å²) < 4.78 is 76.0. The molecule has 3 aromatic heterocycles. The van der Waals surface area contributed by atoms with E-state index in [1.807, 2.05) is 78.9 Å². The Morgan fingerprint density at radius 1 is 0.441 bits per heavy atom. The van der Waals surface area contributed by atoms with Gasteiger partial charge in [-0.25, -0.2) is 4.98 Å². The monoisotopic (exact) mass is 771 g/mol. The number of fused-ring (bicyclic) bond motifs is 7. The minimum atomic E-state index is -0.477. The molecule has 0 fully saturated rings. The molecule has 0 saturated heterocycles. The average Bonchev–Trinajstić information content (AvgIpc) is 3.90. The second-order valence-corrected chi connectivity index (χ2v) is 17.2. The molecule has 59 heavy (non-hydrogen) atoms. The molecule has 0 unspecified atom stereocenters. The van der Waals surface area contributed by atoms with Crippen molar-refractivity contribution in [3.05, 3.63) is 175 Å². The van der Waals surface area contributed by atoms with Crippen molar-refractivity contribution in [1.29, 1.82) is 0 Å². The first-order valence-corrected chi connectivity index (χ1v) is 20.0. The predicted octanol–water partition coefficient (Wildman–Crippen LogP) is 13.7. The fourth-order valence-electron chi connectivity index (χ4n) is 9.41. The van der Waals surface area contributed by atoms with Gasteiger partial charge in [0.15, 0.2) is 11.6 Å². The lowest BCUT2D eigenvalue weighted by molar-refractivity contribution is 0.125. The van der Waals surface area contributed by atoms with Crippen molar-refractivity contribution in [2.45, 2.75) is 52.4 Å². The molecule has 5 nitrogen and oxygen atoms in total. The van der Waals surface area contributed by atoms with E-state index >= 15 is 0 Å². The van der Waals surface area contributed by atoms with Gasteiger partial charge >= 0.3 is 0 Å². The Hall–Kier alpha value is -6.85. The van der Waals surface area contributed by atoms with Crippen LogP contribution in [0.3, 0.4) is 0 Å². The van der Waals surface area contributed by atoms with Gasteiger partial charge in [0.2, 0.25) is 5.95 Å². The van der Waals surface area contributed by atoms with Gasteiger partial charge in [0, 0.05) is 38.2 Å². The van der Waals surface area contributed by atoms with Crippen molar-refractivity contribution in [2.75, 3.05) is 0 Å². The summed E-state index contributed by atoms with van der Waals surface area (Å²) in [4.78, 5) is 15.2. The molecule has 10 aromatic rings. The number of nitrogens with zero attached hydrogens (tertiary/aromatic N) is 5. The van der Waals surface area contributed by atoms with Crippen molar-refractivity contribution in [3.8, 4) is 45.5 Å². The molecule has 0 aliphatic heterocycles. The van der Waals surface area contributed by atoms with Crippen LogP contribution in [0.5, 0.6) is 0 Å². The number of hydrogen-bond acceptors (Lipinski definition) is 3. The van der Waals surface area contributed by atoms with Crippen LogP contribution < -0.4 is 0 Å². The minimum Gasteiger partial charge on any atom is -0.309 e. The van der Waals surface area contributed by atoms with Crippen LogP contribution in [0.25, 0.3) is 89.2 Å². The third-order valence-corrected chi connectivity index (χ3v) is 13.8. The molecular weight excluding hydrogens is 719 g/mol. The number of benzene rings is 7. The van der Waals surface area contributed by atoms with Crippen molar-refractivity contribution >= 4 is 43.6 Å². The number of aromatic nitrogens is 5. The maximum atomic E-state index is 9.40. The van der Waals surface area contributed by atoms with Gasteiger partial charge in [-0.05, 0) is 75.4 Å². The molecule has 1 aliphatic carbocycles. The van der Waals surface area contributed by atoms with Gasteiger partial charge in [-0.3, -0.25) is 4.57 Å². The van der Waals surface area contributed by atoms with E-state index in [4.69, 9.17) is 20.4 Å². The van der Waals surface area contributed by atoms with Crippen LogP contribution in [0.15, 0.2) is 164 Å². The SMILES string of the molecule is [2H]c1c([2H])c([2H])c2c(c1[2H])c1c([2H])c([2H])c([2H])c([2H])c1n2-c1cc2c(cc1-c1ccc3c(c1)c1ccccc1n3-c1nc(-c3ccccc3)nc(-c3ccccc3)n1)C(C)(C)C(C)(C)C2(C)C. The van der Waals surface area contributed by atoms with Crippen LogP contribution >= 0.6 is 0 Å². The molecule has 0 atom stereocenters. The Balaban J connectivity index is 1.26. The third-order valence-electron chi connectivity index (χ3n) is 13.8. The Bertz CT molecular complexity index is 3630. The second-order valence-electron chi connectivity index (χ2n) is 17.2. The van der Waals surface area contributed by atoms with E-state index in [0.29, 0.717) is 23.3 Å². The summed E-state index contributed by atoms with van der Waals surface area (Å²) in [7, 11) is 0. The standard InChI is InChI=1S/C54H45N5/c1-52(2)42-32-40(48(33-43(42)53(3,4)54(52,5)6)58-44-26-16-13-23-37(44)38-24-14-17-27-45(38)58)36-29-30-47-41(31-36)39-25-15-18-28-46(39)59(47)51-56-49(34-19-9-7-10-20-34)55-50(57-51)35-21-11-8-12-22-35/h7-33H,1-6H3/i13D,14D,16D,17D,23D,24D,26D,27D. The second kappa shape index (κ2) is 12.6. The van der Waals surface area contributed by atoms with Gasteiger partial charge in [-0.1, -0.05) is 163 Å². The van der Waals surface area contributed by atoms with Crippen LogP contribution in [0.4, 0.5) is 0 Å². The van der Waals surface area contributed by atoms with Crippen molar-refractivity contribution < 1.29 is 11.0 Å². The third kappa shape index (κ3) is 5.00. The molecule has 1 aliphatic rings. The maximum Gasteiger partial charge on any atom is 0.238 e. The van der Waals surface area contributed by atoms with Gasteiger partial charge < -0.3 is 4.57 Å². The molecule has 0 radical (unpaired) electrons. The van der Waals surface area contributed by atoms with Crippen molar-refractivity contribution in [2.24, 2.45) is 5.41 Å². The number of rotatable bonds is 5. The van der Waals surface area contributed by atoms with Gasteiger partial charge in [-0.2, -0.15) is 9.97 Å². The highest BCUT2D eigenvalue weighted by molar-refractivity contribution is 6.12. The normalized spacial score (nSPS) is 17.3. The molecule has 11 rings (SSSR count). The Labute approximate surface area is 355 Å². The summed E-state index contributed by atoms with van der Waals surface area (Å²) >= 11 is 0. The van der Waals surface area contributed by atoms with E-state index in [0.717, 1.165) is 55.2 Å². The lowest BCUT2D eigenvalue weighted by Gasteiger charge is -2.44. The quantitative estimate of drug-likeness (QED) is 0.175. The summed E-state index contributed by atoms with van der Waals surface area (Å²) in [6.07, 6.45) is 0. The molecule has 0 spiro atoms. The van der Waals surface area contributed by atoms with Gasteiger partial charge in [0.05, 0.1) is 38.7 Å². The first kappa shape index (κ1) is 27.7. The smallest absolute Gasteiger partial charge is 0.238 e. The molecule has 0 bridgehead atoms. The zero-order valence-electron chi connectivity index (χ0n) is 41.7. The zero-order chi connectivity index (χ0) is 47.2. The summed E-state index contributed by atoms with van der Waals surface area (Å²) in [5.74, 6) is 1.51. The lowest BCUT2D eigenvalue weighted by Crippen LogP contribution is -2.42. The maximum absolute atomic E-state index is 9.40. The molecule has 5 heteroatoms. The summed E-state index contributed by atoms with van der Waals surface area (Å²) in [6, 6.07) is 35.1. The number of para-hydroxylation sites is 3. The van der Waals surface area contributed by atoms with E-state index in [2.05, 4.69) is 82.5 Å². The molecule has 7 aromatic carbocycles. The van der Waals surface area contributed by atoms with Gasteiger partial charge in [0.1, 0.15) is 0 Å². The summed E-state index contributed by atoms with van der Waals surface area (Å²) in [5.41, 5.74) is 6.85. The molecule has 0 saturated carbocycles. The predicted molar refractivity (Wildman–Crippen MR) is 245 cm³/mol. The highest BCUT2D eigenvalue weighted by Gasteiger charge is 2.57. The van der Waals surface area contributed by atoms with Crippen molar-refractivity contribution in [1.82, 2.24) is 24.1 Å². The molecule has 3 heterocycles. The topological polar surface area (TPSA) is 48.5 Å². The van der Waals surface area contributed by atoms with Crippen LogP contribution in [0, 0.1) is 5.41 Å². The Kier molecular flexibility index (Phi) is 5.91. The fraction of sp³-hybridized carbons (Fsp3) is 0.167. The molecule has 286 valence electrons. The van der Waals surface area contributed by atoms with Crippen LogP contribution in [-0.4, -0.2) is 24.1 Å². The molecule has 0 amide bonds. The fourth-order valence-corrected chi connectivity index (χ4v) is 9.41. The minimum absolute atomic E-state index is 0.0417. The van der Waals surface area contributed by atoms with Crippen molar-refractivity contribution in [3.63, 3.8) is 0 Å². The van der Waals surface area contributed by atoms with E-state index in [9.17, 15) is 5.48 Å². The zero-order valence-corrected chi connectivity index (χ0v) is 33.7. The van der Waals surface area contributed by atoms with Gasteiger partial charge in [-0.15, -0.1) is 0 Å². The average molecular weight is 772 g/mol. The van der Waals surface area contributed by atoms with Gasteiger partial charge in [0.25, 0.3) is 0 Å². The highest BCUT2D eigenvalue weighted by atomic mass is 15.2. The van der Waals surface area contributed by atoms with E-state index in [1.54, 1.807) is 4.57 Å². The summed E-state index contributed by atoms with van der Waals surface area (Å²) in [6.45, 7) is 13.5. The Morgan fingerprint density at radius 2 is 0.966 bits per heavy atom. The van der Waals surface area contributed by atoms with Crippen LogP contribution in [-0.2, 0) is 10.8 Å².